The Morgan fingerprint density at radius 3 is 2.67 bits per heavy atom. The van der Waals surface area contributed by atoms with Gasteiger partial charge in [-0.1, -0.05) is 19.3 Å². The molecule has 1 aliphatic heterocycles. The van der Waals surface area contributed by atoms with E-state index in [0.717, 1.165) is 48.6 Å². The molecule has 1 saturated carbocycles. The van der Waals surface area contributed by atoms with Gasteiger partial charge in [-0.3, -0.25) is 24.6 Å². The Hall–Kier alpha value is -2.87. The van der Waals surface area contributed by atoms with Crippen LogP contribution in [-0.2, 0) is 4.79 Å². The summed E-state index contributed by atoms with van der Waals surface area (Å²) < 4.78 is 5.84. The zero-order chi connectivity index (χ0) is 21.3. The maximum absolute atomic E-state index is 12.7. The van der Waals surface area contributed by atoms with E-state index in [9.17, 15) is 19.7 Å². The number of carbonyl (C=O) groups excluding carboxylic acids is 2. The molecule has 2 aromatic rings. The van der Waals surface area contributed by atoms with Crippen LogP contribution >= 0.6 is 11.8 Å². The van der Waals surface area contributed by atoms with Gasteiger partial charge in [0, 0.05) is 30.3 Å². The van der Waals surface area contributed by atoms with Crippen molar-refractivity contribution in [2.45, 2.75) is 39.0 Å². The predicted molar refractivity (Wildman–Crippen MR) is 115 cm³/mol. The predicted octanol–water partition coefficient (Wildman–Crippen LogP) is 5.78. The van der Waals surface area contributed by atoms with Crippen LogP contribution in [-0.4, -0.2) is 27.5 Å². The van der Waals surface area contributed by atoms with E-state index in [1.807, 2.05) is 0 Å². The summed E-state index contributed by atoms with van der Waals surface area (Å²) in [5.74, 6) is 1.15. The number of hydrogen-bond acceptors (Lipinski definition) is 6. The normalized spacial score (nSPS) is 19.1. The van der Waals surface area contributed by atoms with E-state index in [-0.39, 0.29) is 16.8 Å². The van der Waals surface area contributed by atoms with Crippen molar-refractivity contribution in [2.75, 3.05) is 6.54 Å². The molecule has 2 amide bonds. The zero-order valence-corrected chi connectivity index (χ0v) is 17.4. The second-order valence-corrected chi connectivity index (χ2v) is 8.75. The molecule has 1 aromatic carbocycles. The highest BCUT2D eigenvalue weighted by atomic mass is 32.2. The number of nitro benzene ring substituents is 1. The van der Waals surface area contributed by atoms with E-state index in [1.165, 1.54) is 23.5 Å². The van der Waals surface area contributed by atoms with Crippen LogP contribution in [0.3, 0.4) is 0 Å². The molecule has 7 nitrogen and oxygen atoms in total. The highest BCUT2D eigenvalue weighted by Crippen LogP contribution is 2.36. The van der Waals surface area contributed by atoms with Gasteiger partial charge in [-0.2, -0.15) is 0 Å². The molecule has 0 spiro atoms. The molecule has 0 atom stereocenters. The van der Waals surface area contributed by atoms with Crippen molar-refractivity contribution < 1.29 is 18.9 Å². The SMILES string of the molecule is Cc1cc([N+](=O)[O-])ccc1-c1ccc(/C=C2\SC(=O)N(CC3CCCCC3)C2=O)o1. The van der Waals surface area contributed by atoms with Crippen LogP contribution in [0, 0.1) is 23.0 Å². The molecule has 2 aliphatic rings. The Labute approximate surface area is 178 Å². The highest BCUT2D eigenvalue weighted by Gasteiger charge is 2.36. The van der Waals surface area contributed by atoms with Crippen molar-refractivity contribution >= 4 is 34.7 Å². The van der Waals surface area contributed by atoms with Crippen molar-refractivity contribution in [2.24, 2.45) is 5.92 Å². The van der Waals surface area contributed by atoms with Gasteiger partial charge in [-0.15, -0.1) is 0 Å². The Kier molecular flexibility index (Phi) is 5.76. The molecule has 0 radical (unpaired) electrons. The van der Waals surface area contributed by atoms with Crippen molar-refractivity contribution in [3.63, 3.8) is 0 Å². The van der Waals surface area contributed by atoms with Crippen molar-refractivity contribution in [3.8, 4) is 11.3 Å². The largest absolute Gasteiger partial charge is 0.457 e. The fraction of sp³-hybridized carbons (Fsp3) is 0.364. The lowest BCUT2D eigenvalue weighted by Gasteiger charge is -2.25. The molecule has 4 rings (SSSR count). The van der Waals surface area contributed by atoms with Gasteiger partial charge in [0.15, 0.2) is 0 Å². The number of rotatable bonds is 5. The third-order valence-electron chi connectivity index (χ3n) is 5.63. The Bertz CT molecular complexity index is 1040. The second kappa shape index (κ2) is 8.47. The number of hydrogen-bond donors (Lipinski definition) is 0. The van der Waals surface area contributed by atoms with E-state index in [4.69, 9.17) is 4.42 Å². The van der Waals surface area contributed by atoms with Crippen LogP contribution in [0.4, 0.5) is 10.5 Å². The first-order valence-electron chi connectivity index (χ1n) is 10.0. The molecule has 0 bridgehead atoms. The highest BCUT2D eigenvalue weighted by molar-refractivity contribution is 8.18. The number of imide groups is 1. The summed E-state index contributed by atoms with van der Waals surface area (Å²) in [6.45, 7) is 2.27. The minimum atomic E-state index is -0.437. The lowest BCUT2D eigenvalue weighted by Crippen LogP contribution is -2.34. The smallest absolute Gasteiger partial charge is 0.293 e. The Morgan fingerprint density at radius 1 is 1.20 bits per heavy atom. The number of nitrogens with zero attached hydrogens (tertiary/aromatic N) is 2. The maximum Gasteiger partial charge on any atom is 0.293 e. The number of benzene rings is 1. The van der Waals surface area contributed by atoms with Gasteiger partial charge in [0.05, 0.1) is 9.83 Å². The first-order valence-corrected chi connectivity index (χ1v) is 10.8. The lowest BCUT2D eigenvalue weighted by atomic mass is 9.89. The van der Waals surface area contributed by atoms with Crippen LogP contribution in [0.2, 0.25) is 0 Å². The van der Waals surface area contributed by atoms with Gasteiger partial charge >= 0.3 is 0 Å². The van der Waals surface area contributed by atoms with E-state index in [0.29, 0.717) is 28.9 Å². The minimum Gasteiger partial charge on any atom is -0.457 e. The molecule has 0 N–H and O–H groups in total. The van der Waals surface area contributed by atoms with Crippen LogP contribution in [0.15, 0.2) is 39.7 Å². The van der Waals surface area contributed by atoms with E-state index >= 15 is 0 Å². The summed E-state index contributed by atoms with van der Waals surface area (Å²) >= 11 is 0.942. The molecular formula is C22H22N2O5S. The molecule has 1 aliphatic carbocycles. The molecule has 0 unspecified atom stereocenters. The fourth-order valence-electron chi connectivity index (χ4n) is 4.03. The molecule has 2 fully saturated rings. The van der Waals surface area contributed by atoms with Crippen molar-refractivity contribution in [3.05, 3.63) is 56.7 Å². The first kappa shape index (κ1) is 20.4. The number of thioether (sulfide) groups is 1. The molecular weight excluding hydrogens is 404 g/mol. The average Bonchev–Trinajstić information content (AvgIpc) is 3.29. The quantitative estimate of drug-likeness (QED) is 0.342. The summed E-state index contributed by atoms with van der Waals surface area (Å²) in [6, 6.07) is 8.06. The minimum absolute atomic E-state index is 0.0228. The van der Waals surface area contributed by atoms with Gasteiger partial charge in [-0.05, 0) is 61.2 Å². The van der Waals surface area contributed by atoms with Crippen LogP contribution in [0.5, 0.6) is 0 Å². The Balaban J connectivity index is 1.50. The summed E-state index contributed by atoms with van der Waals surface area (Å²) in [4.78, 5) is 37.3. The van der Waals surface area contributed by atoms with Crippen molar-refractivity contribution in [1.82, 2.24) is 4.90 Å². The van der Waals surface area contributed by atoms with Crippen LogP contribution in [0.1, 0.15) is 43.4 Å². The summed E-state index contributed by atoms with van der Waals surface area (Å²) in [6.07, 6.45) is 7.28. The number of furan rings is 1. The topological polar surface area (TPSA) is 93.7 Å². The van der Waals surface area contributed by atoms with E-state index in [2.05, 4.69) is 0 Å². The molecule has 156 valence electrons. The molecule has 30 heavy (non-hydrogen) atoms. The van der Waals surface area contributed by atoms with Gasteiger partial charge < -0.3 is 4.42 Å². The number of nitro groups is 1. The monoisotopic (exact) mass is 426 g/mol. The van der Waals surface area contributed by atoms with Gasteiger partial charge in [-0.25, -0.2) is 0 Å². The van der Waals surface area contributed by atoms with Gasteiger partial charge in [0.25, 0.3) is 16.8 Å². The number of aryl methyl sites for hydroxylation is 1. The third kappa shape index (κ3) is 4.18. The summed E-state index contributed by atoms with van der Waals surface area (Å²) in [5, 5.41) is 10.7. The number of amides is 2. The van der Waals surface area contributed by atoms with Crippen LogP contribution in [0.25, 0.3) is 17.4 Å². The fourth-order valence-corrected chi connectivity index (χ4v) is 4.86. The second-order valence-electron chi connectivity index (χ2n) is 7.75. The third-order valence-corrected chi connectivity index (χ3v) is 6.53. The zero-order valence-electron chi connectivity index (χ0n) is 16.6. The molecule has 1 aromatic heterocycles. The number of non-ortho nitro benzene ring substituents is 1. The van der Waals surface area contributed by atoms with Gasteiger partial charge in [0.2, 0.25) is 0 Å². The first-order chi connectivity index (χ1) is 14.4. The van der Waals surface area contributed by atoms with Crippen LogP contribution < -0.4 is 0 Å². The molecule has 2 heterocycles. The standard InChI is InChI=1S/C22H22N2O5S/c1-14-11-16(24(27)28)7-9-18(14)19-10-8-17(29-19)12-20-21(25)23(22(26)30-20)13-15-5-3-2-4-6-15/h7-12,15H,2-6,13H2,1H3/b20-12-. The average molecular weight is 426 g/mol. The van der Waals surface area contributed by atoms with Crippen molar-refractivity contribution in [1.29, 1.82) is 0 Å². The maximum atomic E-state index is 12.7. The van der Waals surface area contributed by atoms with E-state index < -0.39 is 4.92 Å². The number of carbonyl (C=O) groups is 2. The summed E-state index contributed by atoms with van der Waals surface area (Å²) in [5.41, 5.74) is 1.48. The molecule has 8 heteroatoms. The lowest BCUT2D eigenvalue weighted by molar-refractivity contribution is -0.384. The molecule has 1 saturated heterocycles. The van der Waals surface area contributed by atoms with Gasteiger partial charge in [0.1, 0.15) is 11.5 Å². The van der Waals surface area contributed by atoms with E-state index in [1.54, 1.807) is 31.2 Å². The Morgan fingerprint density at radius 2 is 1.97 bits per heavy atom. The summed E-state index contributed by atoms with van der Waals surface area (Å²) in [7, 11) is 0.